The number of nitrogens with one attached hydrogen (secondary N) is 1. The third-order valence-corrected chi connectivity index (χ3v) is 1.55. The fraction of sp³-hybridized carbons (Fsp3) is 0.800. The van der Waals surface area contributed by atoms with Gasteiger partial charge >= 0.3 is 6.95 Å². The molecule has 2 N–H and O–H groups in total. The molecule has 0 aliphatic carbocycles. The molecule has 1 atom stereocenters. The van der Waals surface area contributed by atoms with E-state index >= 15 is 0 Å². The second-order valence-corrected chi connectivity index (χ2v) is 4.54. The number of unbranched alkanes of at least 4 members (excludes halogenated alkanes) is 1. The molecule has 72 valence electrons. The predicted molar refractivity (Wildman–Crippen MR) is 44.4 cm³/mol. The molecule has 1 amide bonds. The number of amides is 1. The van der Waals surface area contributed by atoms with E-state index in [-0.39, 0.29) is 6.42 Å². The Labute approximate surface area is 75.3 Å². The van der Waals surface area contributed by atoms with Gasteiger partial charge < -0.3 is 4.89 Å². The molecule has 0 saturated carbocycles. The Kier molecular flexibility index (Phi) is 5.50. The zero-order valence-corrected chi connectivity index (χ0v) is 8.27. The van der Waals surface area contributed by atoms with Crippen LogP contribution in [0.3, 0.4) is 0 Å². The number of halogens is 1. The SMILES string of the molecule is CCCCC(=O)NOP(=O)(O)Cl. The summed E-state index contributed by atoms with van der Waals surface area (Å²) in [4.78, 5) is 19.1. The summed E-state index contributed by atoms with van der Waals surface area (Å²) in [7, 11) is 0. The predicted octanol–water partition coefficient (Wildman–Crippen LogP) is 1.56. The highest BCUT2D eigenvalue weighted by Gasteiger charge is 2.15. The first-order chi connectivity index (χ1) is 5.45. The quantitative estimate of drug-likeness (QED) is 0.539. The lowest BCUT2D eigenvalue weighted by Crippen LogP contribution is -2.21. The van der Waals surface area contributed by atoms with Crippen LogP contribution < -0.4 is 5.48 Å². The highest BCUT2D eigenvalue weighted by atomic mass is 35.7. The number of carbonyl (C=O) groups is 1. The first-order valence-electron chi connectivity index (χ1n) is 3.45. The Morgan fingerprint density at radius 1 is 1.75 bits per heavy atom. The average molecular weight is 216 g/mol. The molecule has 0 radical (unpaired) electrons. The molecule has 0 rings (SSSR count). The van der Waals surface area contributed by atoms with Gasteiger partial charge in [0.25, 0.3) is 0 Å². The van der Waals surface area contributed by atoms with Crippen molar-refractivity contribution in [1.82, 2.24) is 5.48 Å². The number of rotatable bonds is 5. The molecular formula is C5H11ClNO4P. The standard InChI is InChI=1S/C5H11ClNO4P/c1-2-3-4-5(8)7-11-12(6,9)10/h2-4H2,1H3,(H,7,8)(H,9,10). The number of hydrogen-bond acceptors (Lipinski definition) is 3. The van der Waals surface area contributed by atoms with Crippen LogP contribution in [0.25, 0.3) is 0 Å². The fourth-order valence-corrected chi connectivity index (χ4v) is 0.813. The summed E-state index contributed by atoms with van der Waals surface area (Å²) in [6, 6.07) is 0. The smallest absolute Gasteiger partial charge is 0.311 e. The van der Waals surface area contributed by atoms with Crippen molar-refractivity contribution in [3.8, 4) is 0 Å². The van der Waals surface area contributed by atoms with Gasteiger partial charge in [-0.25, -0.2) is 10.0 Å². The molecule has 0 heterocycles. The monoisotopic (exact) mass is 215 g/mol. The Morgan fingerprint density at radius 3 is 2.75 bits per heavy atom. The second-order valence-electron chi connectivity index (χ2n) is 2.17. The van der Waals surface area contributed by atoms with Crippen LogP contribution in [-0.2, 0) is 14.0 Å². The van der Waals surface area contributed by atoms with E-state index in [4.69, 9.17) is 16.1 Å². The highest BCUT2D eigenvalue weighted by Crippen LogP contribution is 2.46. The van der Waals surface area contributed by atoms with Crippen LogP contribution in [0.15, 0.2) is 0 Å². The maximum absolute atomic E-state index is 10.7. The van der Waals surface area contributed by atoms with Crippen molar-refractivity contribution >= 4 is 24.1 Å². The largest absolute Gasteiger partial charge is 0.442 e. The normalized spacial score (nSPS) is 15.2. The van der Waals surface area contributed by atoms with Gasteiger partial charge in [-0.3, -0.25) is 4.79 Å². The number of hydrogen-bond donors (Lipinski definition) is 2. The van der Waals surface area contributed by atoms with Crippen molar-refractivity contribution in [2.75, 3.05) is 0 Å². The van der Waals surface area contributed by atoms with Crippen molar-refractivity contribution in [2.45, 2.75) is 26.2 Å². The van der Waals surface area contributed by atoms with Crippen LogP contribution in [0, 0.1) is 0 Å². The molecule has 0 bridgehead atoms. The first kappa shape index (κ1) is 11.9. The summed E-state index contributed by atoms with van der Waals surface area (Å²) in [5, 5.41) is 0. The van der Waals surface area contributed by atoms with Gasteiger partial charge in [0.1, 0.15) is 0 Å². The molecule has 12 heavy (non-hydrogen) atoms. The summed E-state index contributed by atoms with van der Waals surface area (Å²) in [6.07, 6.45) is 1.83. The molecule has 0 saturated heterocycles. The minimum absolute atomic E-state index is 0.257. The van der Waals surface area contributed by atoms with Crippen molar-refractivity contribution in [3.05, 3.63) is 0 Å². The van der Waals surface area contributed by atoms with Gasteiger partial charge in [-0.15, -0.1) is 0 Å². The van der Waals surface area contributed by atoms with E-state index in [1.807, 2.05) is 6.92 Å². The van der Waals surface area contributed by atoms with Crippen LogP contribution in [-0.4, -0.2) is 10.8 Å². The summed E-state index contributed by atoms with van der Waals surface area (Å²) >= 11 is 4.79. The summed E-state index contributed by atoms with van der Waals surface area (Å²) < 4.78 is 14.2. The van der Waals surface area contributed by atoms with E-state index in [9.17, 15) is 9.36 Å². The zero-order valence-electron chi connectivity index (χ0n) is 6.62. The van der Waals surface area contributed by atoms with Crippen LogP contribution in [0.4, 0.5) is 0 Å². The van der Waals surface area contributed by atoms with E-state index in [0.29, 0.717) is 6.42 Å². The van der Waals surface area contributed by atoms with E-state index in [1.54, 1.807) is 5.48 Å². The molecule has 0 aromatic carbocycles. The zero-order chi connectivity index (χ0) is 9.61. The average Bonchev–Trinajstić information content (AvgIpc) is 1.95. The van der Waals surface area contributed by atoms with Gasteiger partial charge in [0.15, 0.2) is 0 Å². The maximum Gasteiger partial charge on any atom is 0.442 e. The number of carbonyl (C=O) groups excluding carboxylic acids is 1. The lowest BCUT2D eigenvalue weighted by atomic mass is 10.2. The van der Waals surface area contributed by atoms with E-state index in [1.165, 1.54) is 0 Å². The molecule has 5 nitrogen and oxygen atoms in total. The lowest BCUT2D eigenvalue weighted by Gasteiger charge is -2.04. The molecule has 0 aliphatic rings. The third-order valence-electron chi connectivity index (χ3n) is 1.03. The third kappa shape index (κ3) is 8.01. The molecule has 0 aromatic heterocycles. The van der Waals surface area contributed by atoms with Crippen LogP contribution >= 0.6 is 18.2 Å². The fourth-order valence-electron chi connectivity index (χ4n) is 0.496. The van der Waals surface area contributed by atoms with Crippen molar-refractivity contribution < 1.29 is 18.9 Å². The van der Waals surface area contributed by atoms with Gasteiger partial charge in [-0.1, -0.05) is 13.3 Å². The molecule has 0 aliphatic heterocycles. The van der Waals surface area contributed by atoms with Gasteiger partial charge in [0.2, 0.25) is 5.91 Å². The van der Waals surface area contributed by atoms with Gasteiger partial charge in [0.05, 0.1) is 0 Å². The molecule has 0 spiro atoms. The molecule has 7 heteroatoms. The van der Waals surface area contributed by atoms with Gasteiger partial charge in [-0.2, -0.15) is 4.62 Å². The molecule has 1 unspecified atom stereocenters. The van der Waals surface area contributed by atoms with Crippen molar-refractivity contribution in [1.29, 1.82) is 0 Å². The van der Waals surface area contributed by atoms with Gasteiger partial charge in [0, 0.05) is 17.7 Å². The van der Waals surface area contributed by atoms with Crippen molar-refractivity contribution in [3.63, 3.8) is 0 Å². The Balaban J connectivity index is 3.51. The minimum Gasteiger partial charge on any atom is -0.311 e. The topological polar surface area (TPSA) is 75.6 Å². The van der Waals surface area contributed by atoms with Crippen LogP contribution in [0.5, 0.6) is 0 Å². The number of hydroxylamine groups is 1. The van der Waals surface area contributed by atoms with E-state index in [2.05, 4.69) is 4.62 Å². The van der Waals surface area contributed by atoms with Crippen LogP contribution in [0.2, 0.25) is 0 Å². The minimum atomic E-state index is -4.11. The molecule has 0 aromatic rings. The van der Waals surface area contributed by atoms with E-state index < -0.39 is 12.9 Å². The summed E-state index contributed by atoms with van der Waals surface area (Å²) in [5.41, 5.74) is 1.77. The lowest BCUT2D eigenvalue weighted by molar-refractivity contribution is -0.128. The van der Waals surface area contributed by atoms with E-state index in [0.717, 1.165) is 6.42 Å². The second kappa shape index (κ2) is 5.54. The Bertz CT molecular complexity index is 192. The van der Waals surface area contributed by atoms with Gasteiger partial charge in [-0.05, 0) is 6.42 Å². The summed E-state index contributed by atoms with van der Waals surface area (Å²) in [6.45, 7) is -2.19. The first-order valence-corrected chi connectivity index (χ1v) is 5.94. The Hall–Kier alpha value is -0.0900. The van der Waals surface area contributed by atoms with Crippen molar-refractivity contribution in [2.24, 2.45) is 0 Å². The van der Waals surface area contributed by atoms with Crippen LogP contribution in [0.1, 0.15) is 26.2 Å². The highest BCUT2D eigenvalue weighted by molar-refractivity contribution is 7.80. The maximum atomic E-state index is 10.7. The Morgan fingerprint density at radius 2 is 2.33 bits per heavy atom. The molecule has 0 fully saturated rings. The summed E-state index contributed by atoms with van der Waals surface area (Å²) in [5.74, 6) is -0.452. The molecular weight excluding hydrogens is 204 g/mol.